The lowest BCUT2D eigenvalue weighted by Crippen LogP contribution is -2.40. The Labute approximate surface area is 176 Å². The zero-order valence-corrected chi connectivity index (χ0v) is 18.1. The molecule has 0 aromatic carbocycles. The molecule has 1 aliphatic heterocycles. The second-order valence-electron chi connectivity index (χ2n) is 7.03. The minimum Gasteiger partial charge on any atom is -0.386 e. The van der Waals surface area contributed by atoms with Gasteiger partial charge in [-0.25, -0.2) is 0 Å². The molecule has 28 heavy (non-hydrogen) atoms. The first-order valence-corrected chi connectivity index (χ1v) is 11.2. The molecule has 0 aliphatic carbocycles. The zero-order valence-electron chi connectivity index (χ0n) is 16.5. The van der Waals surface area contributed by atoms with Gasteiger partial charge in [-0.1, -0.05) is 11.6 Å². The molecule has 1 aromatic heterocycles. The van der Waals surface area contributed by atoms with Crippen molar-refractivity contribution in [1.29, 1.82) is 0 Å². The van der Waals surface area contributed by atoms with Crippen LogP contribution in [0, 0.1) is 5.92 Å². The van der Waals surface area contributed by atoms with Crippen molar-refractivity contribution in [2.75, 3.05) is 39.3 Å². The molecule has 1 unspecified atom stereocenters. The minimum absolute atomic E-state index is 0.0531. The molecule has 7 nitrogen and oxygen atoms in total. The molecular weight excluding hydrogens is 398 g/mol. The molecule has 9 heteroatoms. The fourth-order valence-electron chi connectivity index (χ4n) is 3.23. The van der Waals surface area contributed by atoms with Crippen LogP contribution < -0.4 is 16.4 Å². The van der Waals surface area contributed by atoms with Crippen LogP contribution in [0.5, 0.6) is 0 Å². The topological polar surface area (TPSA) is 103 Å². The summed E-state index contributed by atoms with van der Waals surface area (Å²) in [6.07, 6.45) is 3.23. The Kier molecular flexibility index (Phi) is 10.0. The highest BCUT2D eigenvalue weighted by Gasteiger charge is 2.22. The molecule has 2 rings (SSSR count). The van der Waals surface area contributed by atoms with Gasteiger partial charge < -0.3 is 26.4 Å². The number of hydrogen-bond donors (Lipinski definition) is 4. The van der Waals surface area contributed by atoms with E-state index in [-0.39, 0.29) is 11.8 Å². The van der Waals surface area contributed by atoms with Crippen molar-refractivity contribution < 1.29 is 9.90 Å². The van der Waals surface area contributed by atoms with Gasteiger partial charge in [0.2, 0.25) is 5.91 Å². The molecule has 1 atom stereocenters. The number of nitrogens with zero attached hydrogens (tertiary/aromatic N) is 2. The lowest BCUT2D eigenvalue weighted by Gasteiger charge is -2.30. The standard InChI is InChI=1S/C19H32ClN5O2S/c1-2-22-19(24-13-15(26)16-5-6-17(20)28-16)23-9-3-4-10-25-11-7-14(8-12-25)18(21)27/h5-6,14-15,26H,2-4,7-13H2,1H3,(H2,21,27)(H2,22,23,24). The molecule has 0 saturated carbocycles. The number of hydrogen-bond acceptors (Lipinski definition) is 5. The molecule has 0 spiro atoms. The second kappa shape index (κ2) is 12.3. The Morgan fingerprint density at radius 2 is 2.14 bits per heavy atom. The van der Waals surface area contributed by atoms with Crippen LogP contribution in [0.1, 0.15) is 43.6 Å². The maximum Gasteiger partial charge on any atom is 0.220 e. The molecule has 5 N–H and O–H groups in total. The summed E-state index contributed by atoms with van der Waals surface area (Å²) in [6.45, 7) is 6.85. The van der Waals surface area contributed by atoms with Gasteiger partial charge in [0.05, 0.1) is 10.9 Å². The summed E-state index contributed by atoms with van der Waals surface area (Å²) in [5, 5.41) is 16.7. The summed E-state index contributed by atoms with van der Waals surface area (Å²) in [6, 6.07) is 3.62. The van der Waals surface area contributed by atoms with E-state index in [1.807, 2.05) is 13.0 Å². The van der Waals surface area contributed by atoms with Gasteiger partial charge in [0.25, 0.3) is 0 Å². The van der Waals surface area contributed by atoms with Crippen molar-refractivity contribution in [3.63, 3.8) is 0 Å². The highest BCUT2D eigenvalue weighted by Crippen LogP contribution is 2.26. The number of aliphatic hydroxyl groups is 1. The van der Waals surface area contributed by atoms with Gasteiger partial charge in [0.15, 0.2) is 5.96 Å². The number of likely N-dealkylation sites (tertiary alicyclic amines) is 1. The molecule has 0 bridgehead atoms. The highest BCUT2D eigenvalue weighted by molar-refractivity contribution is 7.16. The summed E-state index contributed by atoms with van der Waals surface area (Å²) >= 11 is 7.29. The van der Waals surface area contributed by atoms with Gasteiger partial charge >= 0.3 is 0 Å². The maximum atomic E-state index is 11.2. The molecule has 2 heterocycles. The Bertz CT molecular complexity index is 632. The van der Waals surface area contributed by atoms with Crippen LogP contribution >= 0.6 is 22.9 Å². The summed E-state index contributed by atoms with van der Waals surface area (Å²) < 4.78 is 0.668. The Balaban J connectivity index is 1.64. The number of carbonyl (C=O) groups excluding carboxylic acids is 1. The molecule has 1 aromatic rings. The second-order valence-corrected chi connectivity index (χ2v) is 8.78. The lowest BCUT2D eigenvalue weighted by molar-refractivity contribution is -0.123. The maximum absolute atomic E-state index is 11.2. The van der Waals surface area contributed by atoms with Gasteiger partial charge in [0.1, 0.15) is 6.10 Å². The minimum atomic E-state index is -0.642. The summed E-state index contributed by atoms with van der Waals surface area (Å²) in [4.78, 5) is 18.9. The Hall–Kier alpha value is -1.35. The quantitative estimate of drug-likeness (QED) is 0.258. The number of guanidine groups is 1. The van der Waals surface area contributed by atoms with Gasteiger partial charge in [-0.05, 0) is 64.4 Å². The predicted octanol–water partition coefficient (Wildman–Crippen LogP) is 1.97. The van der Waals surface area contributed by atoms with Crippen LogP contribution in [-0.4, -0.2) is 61.1 Å². The number of rotatable bonds is 10. The Morgan fingerprint density at radius 3 is 2.75 bits per heavy atom. The van der Waals surface area contributed by atoms with Gasteiger partial charge in [-0.3, -0.25) is 9.79 Å². The van der Waals surface area contributed by atoms with Crippen molar-refractivity contribution in [1.82, 2.24) is 15.5 Å². The van der Waals surface area contributed by atoms with Crippen molar-refractivity contribution in [2.24, 2.45) is 16.6 Å². The first kappa shape index (κ1) is 22.9. The fourth-order valence-corrected chi connectivity index (χ4v) is 4.26. The lowest BCUT2D eigenvalue weighted by atomic mass is 9.96. The molecular formula is C19H32ClN5O2S. The molecule has 158 valence electrons. The van der Waals surface area contributed by atoms with E-state index < -0.39 is 6.10 Å². The zero-order chi connectivity index (χ0) is 20.4. The Morgan fingerprint density at radius 1 is 1.39 bits per heavy atom. The van der Waals surface area contributed by atoms with Crippen LogP contribution in [0.25, 0.3) is 0 Å². The number of carbonyl (C=O) groups is 1. The van der Waals surface area contributed by atoms with Crippen LogP contribution in [0.15, 0.2) is 17.1 Å². The number of halogens is 1. The van der Waals surface area contributed by atoms with Crippen LogP contribution in [0.4, 0.5) is 0 Å². The number of nitrogens with two attached hydrogens (primary N) is 1. The van der Waals surface area contributed by atoms with Crippen molar-refractivity contribution in [3.05, 3.63) is 21.3 Å². The first-order valence-electron chi connectivity index (χ1n) is 9.96. The van der Waals surface area contributed by atoms with Gasteiger partial charge in [-0.15, -0.1) is 11.3 Å². The molecule has 1 amide bonds. The average molecular weight is 430 g/mol. The van der Waals surface area contributed by atoms with E-state index in [4.69, 9.17) is 17.3 Å². The largest absolute Gasteiger partial charge is 0.386 e. The van der Waals surface area contributed by atoms with Crippen molar-refractivity contribution in [3.8, 4) is 0 Å². The monoisotopic (exact) mass is 429 g/mol. The summed E-state index contributed by atoms with van der Waals surface area (Å²) in [7, 11) is 0. The third-order valence-corrected chi connectivity index (χ3v) is 6.20. The van der Waals surface area contributed by atoms with Gasteiger partial charge in [0, 0.05) is 23.9 Å². The molecule has 1 saturated heterocycles. The number of unbranched alkanes of at least 4 members (excludes halogenated alkanes) is 1. The van der Waals surface area contributed by atoms with Crippen molar-refractivity contribution >= 4 is 34.8 Å². The number of thiophene rings is 1. The van der Waals surface area contributed by atoms with E-state index >= 15 is 0 Å². The van der Waals surface area contributed by atoms with E-state index in [1.54, 1.807) is 6.07 Å². The molecule has 0 radical (unpaired) electrons. The predicted molar refractivity (Wildman–Crippen MR) is 116 cm³/mol. The number of amides is 1. The third kappa shape index (κ3) is 7.95. The van der Waals surface area contributed by atoms with Crippen molar-refractivity contribution in [2.45, 2.75) is 38.7 Å². The first-order chi connectivity index (χ1) is 13.5. The highest BCUT2D eigenvalue weighted by atomic mass is 35.5. The molecule has 1 aliphatic rings. The van der Waals surface area contributed by atoms with Crippen LogP contribution in [0.2, 0.25) is 4.34 Å². The molecule has 1 fully saturated rings. The summed E-state index contributed by atoms with van der Waals surface area (Å²) in [5.41, 5.74) is 5.38. The van der Waals surface area contributed by atoms with Gasteiger partial charge in [-0.2, -0.15) is 0 Å². The number of nitrogens with one attached hydrogen (secondary N) is 2. The van der Waals surface area contributed by atoms with E-state index in [9.17, 15) is 9.90 Å². The van der Waals surface area contributed by atoms with Crippen LogP contribution in [0.3, 0.4) is 0 Å². The van der Waals surface area contributed by atoms with Crippen LogP contribution in [-0.2, 0) is 4.79 Å². The fraction of sp³-hybridized carbons (Fsp3) is 0.684. The van der Waals surface area contributed by atoms with E-state index in [2.05, 4.69) is 20.5 Å². The number of primary amides is 1. The van der Waals surface area contributed by atoms with E-state index in [1.165, 1.54) is 11.3 Å². The normalized spacial score (nSPS) is 17.5. The number of aliphatic hydroxyl groups excluding tert-OH is 1. The smallest absolute Gasteiger partial charge is 0.220 e. The number of piperidine rings is 1. The van der Waals surface area contributed by atoms with E-state index in [0.29, 0.717) is 16.8 Å². The average Bonchev–Trinajstić information content (AvgIpc) is 3.12. The van der Waals surface area contributed by atoms with E-state index in [0.717, 1.165) is 63.3 Å². The number of aliphatic imine (C=N–C) groups is 1. The summed E-state index contributed by atoms with van der Waals surface area (Å²) in [5.74, 6) is 0.607. The SMILES string of the molecule is CCNC(=NCC(O)c1ccc(Cl)s1)NCCCCN1CCC(C(N)=O)CC1. The third-order valence-electron chi connectivity index (χ3n) is 4.87.